The molecule has 0 unspecified atom stereocenters. The Morgan fingerprint density at radius 2 is 2.33 bits per heavy atom. The number of aromatic carboxylic acids is 1. The van der Waals surface area contributed by atoms with Crippen LogP contribution in [-0.2, 0) is 6.54 Å². The summed E-state index contributed by atoms with van der Waals surface area (Å²) >= 11 is 1.37. The van der Waals surface area contributed by atoms with Gasteiger partial charge >= 0.3 is 5.97 Å². The van der Waals surface area contributed by atoms with E-state index in [2.05, 4.69) is 15.3 Å². The molecule has 2 aromatic rings. The topological polar surface area (TPSA) is 80.9 Å². The number of carbonyl (C=O) groups is 1. The van der Waals surface area contributed by atoms with Gasteiger partial charge in [0.15, 0.2) is 5.69 Å². The molecule has 96 valence electrons. The van der Waals surface area contributed by atoms with Crippen molar-refractivity contribution in [3.63, 3.8) is 0 Å². The lowest BCUT2D eigenvalue weighted by atomic mass is 10.3. The van der Waals surface area contributed by atoms with Gasteiger partial charge in [-0.2, -0.15) is 0 Å². The van der Waals surface area contributed by atoms with Gasteiger partial charge in [0, 0.05) is 5.38 Å². The molecule has 9 heteroatoms. The predicted octanol–water partition coefficient (Wildman–Crippen LogP) is 1.73. The van der Waals surface area contributed by atoms with Crippen LogP contribution in [0, 0.1) is 6.92 Å². The second kappa shape index (κ2) is 4.77. The average molecular weight is 274 g/mol. The van der Waals surface area contributed by atoms with Crippen molar-refractivity contribution in [2.75, 3.05) is 0 Å². The fourth-order valence-corrected chi connectivity index (χ4v) is 2.04. The van der Waals surface area contributed by atoms with Crippen molar-refractivity contribution in [2.45, 2.75) is 19.9 Å². The van der Waals surface area contributed by atoms with Gasteiger partial charge in [0.1, 0.15) is 5.69 Å². The molecular formula is C9H8F2N4O2S. The van der Waals surface area contributed by atoms with Crippen LogP contribution in [-0.4, -0.2) is 31.1 Å². The van der Waals surface area contributed by atoms with E-state index in [0.29, 0.717) is 5.69 Å². The van der Waals surface area contributed by atoms with Crippen molar-refractivity contribution in [3.8, 4) is 0 Å². The molecule has 18 heavy (non-hydrogen) atoms. The predicted molar refractivity (Wildman–Crippen MR) is 57.9 cm³/mol. The molecule has 2 heterocycles. The highest BCUT2D eigenvalue weighted by Crippen LogP contribution is 2.22. The van der Waals surface area contributed by atoms with Crippen molar-refractivity contribution in [1.82, 2.24) is 20.0 Å². The maximum absolute atomic E-state index is 12.8. The van der Waals surface area contributed by atoms with Crippen LogP contribution >= 0.6 is 11.3 Å². The van der Waals surface area contributed by atoms with Crippen LogP contribution in [0.15, 0.2) is 5.38 Å². The Hall–Kier alpha value is -1.90. The summed E-state index contributed by atoms with van der Waals surface area (Å²) in [6, 6.07) is 0. The van der Waals surface area contributed by atoms with Gasteiger partial charge in [0.05, 0.1) is 17.2 Å². The van der Waals surface area contributed by atoms with E-state index in [1.807, 2.05) is 0 Å². The molecule has 0 aliphatic heterocycles. The number of hydrogen-bond acceptors (Lipinski definition) is 5. The Balaban J connectivity index is 2.36. The molecule has 0 amide bonds. The summed E-state index contributed by atoms with van der Waals surface area (Å²) in [7, 11) is 0. The maximum Gasteiger partial charge on any atom is 0.358 e. The summed E-state index contributed by atoms with van der Waals surface area (Å²) < 4.78 is 26.5. The summed E-state index contributed by atoms with van der Waals surface area (Å²) in [6.07, 6.45) is -2.95. The van der Waals surface area contributed by atoms with Crippen molar-refractivity contribution < 1.29 is 18.7 Å². The Morgan fingerprint density at radius 3 is 2.83 bits per heavy atom. The Kier molecular flexibility index (Phi) is 3.32. The van der Waals surface area contributed by atoms with Crippen LogP contribution in [0.4, 0.5) is 8.78 Å². The highest BCUT2D eigenvalue weighted by molar-refractivity contribution is 7.09. The monoisotopic (exact) mass is 274 g/mol. The highest BCUT2D eigenvalue weighted by Gasteiger charge is 2.26. The summed E-state index contributed by atoms with van der Waals surface area (Å²) in [6.45, 7) is 1.76. The Labute approximate surface area is 104 Å². The third-order valence-corrected chi connectivity index (χ3v) is 2.98. The number of halogens is 2. The molecule has 2 aromatic heterocycles. The van der Waals surface area contributed by atoms with Crippen LogP contribution in [0.2, 0.25) is 0 Å². The average Bonchev–Trinajstić information content (AvgIpc) is 2.85. The van der Waals surface area contributed by atoms with E-state index in [9.17, 15) is 13.6 Å². The molecule has 0 fully saturated rings. The molecule has 0 atom stereocenters. The number of rotatable bonds is 4. The lowest BCUT2D eigenvalue weighted by Gasteiger charge is -2.03. The smallest absolute Gasteiger partial charge is 0.358 e. The molecular weight excluding hydrogens is 266 g/mol. The van der Waals surface area contributed by atoms with Crippen LogP contribution < -0.4 is 0 Å². The van der Waals surface area contributed by atoms with Gasteiger partial charge in [0.25, 0.3) is 6.43 Å². The summed E-state index contributed by atoms with van der Waals surface area (Å²) in [5, 5.41) is 17.9. The first-order chi connectivity index (χ1) is 8.49. The zero-order valence-corrected chi connectivity index (χ0v) is 9.99. The summed E-state index contributed by atoms with van der Waals surface area (Å²) in [4.78, 5) is 14.8. The minimum atomic E-state index is -2.95. The number of aromatic nitrogens is 4. The normalized spacial score (nSPS) is 11.1. The quantitative estimate of drug-likeness (QED) is 0.918. The largest absolute Gasteiger partial charge is 0.476 e. The van der Waals surface area contributed by atoms with Crippen molar-refractivity contribution in [2.24, 2.45) is 0 Å². The molecule has 0 radical (unpaired) electrons. The number of nitrogens with zero attached hydrogens (tertiary/aromatic N) is 4. The molecule has 0 aliphatic rings. The van der Waals surface area contributed by atoms with E-state index in [4.69, 9.17) is 5.11 Å². The van der Waals surface area contributed by atoms with Gasteiger partial charge in [-0.05, 0) is 6.92 Å². The van der Waals surface area contributed by atoms with E-state index < -0.39 is 23.8 Å². The van der Waals surface area contributed by atoms with Gasteiger partial charge in [0.2, 0.25) is 0 Å². The molecule has 0 aliphatic carbocycles. The minimum Gasteiger partial charge on any atom is -0.476 e. The fourth-order valence-electron chi connectivity index (χ4n) is 1.44. The highest BCUT2D eigenvalue weighted by atomic mass is 32.1. The standard InChI is InChI=1S/C9H8F2N4O2S/c1-4-12-5(3-18-4)2-15-7(8(10)11)6(9(16)17)13-14-15/h3,8H,2H2,1H3,(H,16,17). The number of hydrogen-bond donors (Lipinski definition) is 1. The number of carboxylic acids is 1. The van der Waals surface area contributed by atoms with Gasteiger partial charge < -0.3 is 5.11 Å². The molecule has 0 saturated heterocycles. The number of carboxylic acid groups (broad SMARTS) is 1. The van der Waals surface area contributed by atoms with Crippen molar-refractivity contribution >= 4 is 17.3 Å². The summed E-state index contributed by atoms with van der Waals surface area (Å²) in [5.74, 6) is -1.52. The number of thiazole rings is 1. The first-order valence-corrected chi connectivity index (χ1v) is 5.73. The lowest BCUT2D eigenvalue weighted by molar-refractivity contribution is 0.0675. The molecule has 0 bridgehead atoms. The van der Waals surface area contributed by atoms with E-state index in [1.165, 1.54) is 11.3 Å². The third kappa shape index (κ3) is 2.35. The second-order valence-electron chi connectivity index (χ2n) is 3.44. The fraction of sp³-hybridized carbons (Fsp3) is 0.333. The van der Waals surface area contributed by atoms with Crippen molar-refractivity contribution in [1.29, 1.82) is 0 Å². The second-order valence-corrected chi connectivity index (χ2v) is 4.51. The molecule has 2 rings (SSSR count). The van der Waals surface area contributed by atoms with E-state index in [-0.39, 0.29) is 6.54 Å². The van der Waals surface area contributed by atoms with E-state index >= 15 is 0 Å². The van der Waals surface area contributed by atoms with E-state index in [0.717, 1.165) is 9.69 Å². The maximum atomic E-state index is 12.8. The van der Waals surface area contributed by atoms with Gasteiger partial charge in [-0.3, -0.25) is 0 Å². The molecule has 0 spiro atoms. The Bertz CT molecular complexity index is 581. The third-order valence-electron chi connectivity index (χ3n) is 2.16. The first-order valence-electron chi connectivity index (χ1n) is 4.85. The van der Waals surface area contributed by atoms with Crippen molar-refractivity contribution in [3.05, 3.63) is 27.5 Å². The number of alkyl halides is 2. The molecule has 0 saturated carbocycles. The van der Waals surface area contributed by atoms with E-state index in [1.54, 1.807) is 12.3 Å². The molecule has 1 N–H and O–H groups in total. The molecule has 6 nitrogen and oxygen atoms in total. The van der Waals surface area contributed by atoms with Crippen LogP contribution in [0.25, 0.3) is 0 Å². The van der Waals surface area contributed by atoms with Crippen LogP contribution in [0.3, 0.4) is 0 Å². The first kappa shape index (κ1) is 12.6. The summed E-state index contributed by atoms with van der Waals surface area (Å²) in [5.41, 5.74) is -0.883. The van der Waals surface area contributed by atoms with Gasteiger partial charge in [-0.15, -0.1) is 16.4 Å². The SMILES string of the molecule is Cc1nc(Cn2nnc(C(=O)O)c2C(F)F)cs1. The zero-order chi connectivity index (χ0) is 13.3. The van der Waals surface area contributed by atoms with Gasteiger partial charge in [-0.25, -0.2) is 23.2 Å². The number of aryl methyl sites for hydroxylation is 1. The minimum absolute atomic E-state index is 0.0235. The molecule has 0 aromatic carbocycles. The van der Waals surface area contributed by atoms with Gasteiger partial charge in [-0.1, -0.05) is 5.21 Å². The Morgan fingerprint density at radius 1 is 1.61 bits per heavy atom. The van der Waals surface area contributed by atoms with Crippen LogP contribution in [0.1, 0.15) is 33.3 Å². The lowest BCUT2D eigenvalue weighted by Crippen LogP contribution is -2.10. The van der Waals surface area contributed by atoms with Crippen LogP contribution in [0.5, 0.6) is 0 Å². The zero-order valence-electron chi connectivity index (χ0n) is 9.17.